The summed E-state index contributed by atoms with van der Waals surface area (Å²) in [4.78, 5) is 23.6. The molecule has 0 spiro atoms. The highest BCUT2D eigenvalue weighted by Crippen LogP contribution is 2.18. The molecule has 0 bridgehead atoms. The number of rotatable bonds is 7. The Labute approximate surface area is 150 Å². The van der Waals surface area contributed by atoms with Crippen LogP contribution < -0.4 is 15.4 Å². The fourth-order valence-corrected chi connectivity index (χ4v) is 2.26. The molecule has 0 unspecified atom stereocenters. The van der Waals surface area contributed by atoms with Crippen LogP contribution in [0.3, 0.4) is 0 Å². The molecule has 2 aromatic rings. The first-order chi connectivity index (χ1) is 12.0. The topological polar surface area (TPSA) is 67.4 Å². The summed E-state index contributed by atoms with van der Waals surface area (Å²) in [5.41, 5.74) is 0.890. The SMILES string of the molecule is Cc1ccc(OCC(=O)NCCNC(=O)c2c(F)cccc2Cl)cc1. The molecular formula is C18H18ClFN2O3. The molecule has 0 aliphatic rings. The lowest BCUT2D eigenvalue weighted by Gasteiger charge is -2.09. The standard InChI is InChI=1S/C18H18ClFN2O3/c1-12-5-7-13(8-6-12)25-11-16(23)21-9-10-22-18(24)17-14(19)3-2-4-15(17)20/h2-8H,9-11H2,1H3,(H,21,23)(H,22,24). The average molecular weight is 365 g/mol. The van der Waals surface area contributed by atoms with Crippen LogP contribution in [0.1, 0.15) is 15.9 Å². The first-order valence-corrected chi connectivity index (χ1v) is 8.03. The molecule has 2 rings (SSSR count). The van der Waals surface area contributed by atoms with E-state index in [2.05, 4.69) is 10.6 Å². The van der Waals surface area contributed by atoms with Crippen molar-refractivity contribution in [3.05, 3.63) is 64.4 Å². The van der Waals surface area contributed by atoms with Crippen LogP contribution in [0.5, 0.6) is 5.75 Å². The number of ether oxygens (including phenoxy) is 1. The van der Waals surface area contributed by atoms with Gasteiger partial charge in [-0.1, -0.05) is 35.4 Å². The number of hydrogen-bond acceptors (Lipinski definition) is 3. The van der Waals surface area contributed by atoms with Gasteiger partial charge >= 0.3 is 0 Å². The molecular weight excluding hydrogens is 347 g/mol. The molecule has 0 aromatic heterocycles. The Morgan fingerprint density at radius 3 is 2.44 bits per heavy atom. The summed E-state index contributed by atoms with van der Waals surface area (Å²) >= 11 is 5.81. The van der Waals surface area contributed by atoms with E-state index in [-0.39, 0.29) is 36.2 Å². The number of halogens is 2. The minimum atomic E-state index is -0.694. The Balaban J connectivity index is 1.69. The van der Waals surface area contributed by atoms with E-state index < -0.39 is 11.7 Å². The molecule has 7 heteroatoms. The van der Waals surface area contributed by atoms with Crippen LogP contribution in [0.4, 0.5) is 4.39 Å². The molecule has 0 saturated carbocycles. The molecule has 0 fully saturated rings. The third-order valence-electron chi connectivity index (χ3n) is 3.31. The van der Waals surface area contributed by atoms with Gasteiger partial charge in [-0.25, -0.2) is 4.39 Å². The number of hydrogen-bond donors (Lipinski definition) is 2. The predicted molar refractivity (Wildman–Crippen MR) is 93.4 cm³/mol. The molecule has 0 aliphatic heterocycles. The Bertz CT molecular complexity index is 730. The van der Waals surface area contributed by atoms with Gasteiger partial charge in [0.25, 0.3) is 11.8 Å². The zero-order valence-corrected chi connectivity index (χ0v) is 14.4. The van der Waals surface area contributed by atoms with Gasteiger partial charge in [0.2, 0.25) is 0 Å². The Morgan fingerprint density at radius 1 is 1.08 bits per heavy atom. The van der Waals surface area contributed by atoms with Gasteiger partial charge in [0.05, 0.1) is 10.6 Å². The number of benzene rings is 2. The summed E-state index contributed by atoms with van der Waals surface area (Å²) < 4.78 is 18.9. The van der Waals surface area contributed by atoms with Gasteiger partial charge in [0.15, 0.2) is 6.61 Å². The van der Waals surface area contributed by atoms with Crippen molar-refractivity contribution in [3.8, 4) is 5.75 Å². The van der Waals surface area contributed by atoms with Crippen molar-refractivity contribution in [2.24, 2.45) is 0 Å². The van der Waals surface area contributed by atoms with Crippen molar-refractivity contribution in [3.63, 3.8) is 0 Å². The molecule has 2 N–H and O–H groups in total. The van der Waals surface area contributed by atoms with Gasteiger partial charge < -0.3 is 15.4 Å². The van der Waals surface area contributed by atoms with Gasteiger partial charge in [-0.05, 0) is 31.2 Å². The minimum Gasteiger partial charge on any atom is -0.484 e. The maximum atomic E-state index is 13.6. The molecule has 132 valence electrons. The van der Waals surface area contributed by atoms with E-state index in [1.54, 1.807) is 12.1 Å². The summed E-state index contributed by atoms with van der Waals surface area (Å²) in [5.74, 6) is -1.05. The summed E-state index contributed by atoms with van der Waals surface area (Å²) in [7, 11) is 0. The van der Waals surface area contributed by atoms with Crippen molar-refractivity contribution >= 4 is 23.4 Å². The van der Waals surface area contributed by atoms with Crippen molar-refractivity contribution in [1.29, 1.82) is 0 Å². The predicted octanol–water partition coefficient (Wildman–Crippen LogP) is 2.71. The van der Waals surface area contributed by atoms with E-state index in [1.165, 1.54) is 12.1 Å². The van der Waals surface area contributed by atoms with Gasteiger partial charge in [0.1, 0.15) is 11.6 Å². The molecule has 5 nitrogen and oxygen atoms in total. The van der Waals surface area contributed by atoms with Crippen LogP contribution in [0, 0.1) is 12.7 Å². The highest BCUT2D eigenvalue weighted by Gasteiger charge is 2.15. The summed E-state index contributed by atoms with van der Waals surface area (Å²) in [6.45, 7) is 2.16. The monoisotopic (exact) mass is 364 g/mol. The van der Waals surface area contributed by atoms with Crippen LogP contribution in [0.25, 0.3) is 0 Å². The van der Waals surface area contributed by atoms with Crippen molar-refractivity contribution in [1.82, 2.24) is 10.6 Å². The molecule has 0 aliphatic carbocycles. The molecule has 0 saturated heterocycles. The third-order valence-corrected chi connectivity index (χ3v) is 3.63. The normalized spacial score (nSPS) is 10.2. The second-order valence-electron chi connectivity index (χ2n) is 5.30. The maximum Gasteiger partial charge on any atom is 0.258 e. The maximum absolute atomic E-state index is 13.6. The number of carbonyl (C=O) groups excluding carboxylic acids is 2. The van der Waals surface area contributed by atoms with E-state index in [4.69, 9.17) is 16.3 Å². The van der Waals surface area contributed by atoms with Crippen LogP contribution in [-0.4, -0.2) is 31.5 Å². The number of aryl methyl sites for hydroxylation is 1. The van der Waals surface area contributed by atoms with Gasteiger partial charge in [0, 0.05) is 13.1 Å². The fourth-order valence-electron chi connectivity index (χ4n) is 2.02. The Morgan fingerprint density at radius 2 is 1.76 bits per heavy atom. The molecule has 2 amide bonds. The quantitative estimate of drug-likeness (QED) is 0.742. The lowest BCUT2D eigenvalue weighted by atomic mass is 10.2. The average Bonchev–Trinajstić information content (AvgIpc) is 2.58. The number of amides is 2. The van der Waals surface area contributed by atoms with Crippen LogP contribution in [-0.2, 0) is 4.79 Å². The molecule has 0 heterocycles. The zero-order valence-electron chi connectivity index (χ0n) is 13.6. The largest absolute Gasteiger partial charge is 0.484 e. The van der Waals surface area contributed by atoms with E-state index in [9.17, 15) is 14.0 Å². The lowest BCUT2D eigenvalue weighted by Crippen LogP contribution is -2.37. The highest BCUT2D eigenvalue weighted by molar-refractivity contribution is 6.33. The van der Waals surface area contributed by atoms with Crippen molar-refractivity contribution < 1.29 is 18.7 Å². The highest BCUT2D eigenvalue weighted by atomic mass is 35.5. The van der Waals surface area contributed by atoms with E-state index >= 15 is 0 Å². The van der Waals surface area contributed by atoms with Crippen LogP contribution >= 0.6 is 11.6 Å². The second kappa shape index (κ2) is 9.03. The minimum absolute atomic E-state index is 0.0352. The zero-order chi connectivity index (χ0) is 18.2. The van der Waals surface area contributed by atoms with Crippen molar-refractivity contribution in [2.75, 3.05) is 19.7 Å². The second-order valence-corrected chi connectivity index (χ2v) is 5.71. The van der Waals surface area contributed by atoms with E-state index in [0.717, 1.165) is 11.6 Å². The lowest BCUT2D eigenvalue weighted by molar-refractivity contribution is -0.123. The smallest absolute Gasteiger partial charge is 0.258 e. The number of carbonyl (C=O) groups is 2. The van der Waals surface area contributed by atoms with Crippen molar-refractivity contribution in [2.45, 2.75) is 6.92 Å². The molecule has 0 atom stereocenters. The molecule has 2 aromatic carbocycles. The first-order valence-electron chi connectivity index (χ1n) is 7.66. The molecule has 25 heavy (non-hydrogen) atoms. The van der Waals surface area contributed by atoms with Gasteiger partial charge in [-0.15, -0.1) is 0 Å². The number of nitrogens with one attached hydrogen (secondary N) is 2. The third kappa shape index (κ3) is 5.76. The van der Waals surface area contributed by atoms with Crippen LogP contribution in [0.2, 0.25) is 5.02 Å². The fraction of sp³-hybridized carbons (Fsp3) is 0.222. The summed E-state index contributed by atoms with van der Waals surface area (Å²) in [5, 5.41) is 5.13. The van der Waals surface area contributed by atoms with Gasteiger partial charge in [-0.3, -0.25) is 9.59 Å². The first kappa shape index (κ1) is 18.7. The van der Waals surface area contributed by atoms with E-state index in [1.807, 2.05) is 19.1 Å². The summed E-state index contributed by atoms with van der Waals surface area (Å²) in [6, 6.07) is 11.3. The Kier molecular flexibility index (Phi) is 6.77. The van der Waals surface area contributed by atoms with E-state index in [0.29, 0.717) is 5.75 Å². The van der Waals surface area contributed by atoms with Gasteiger partial charge in [-0.2, -0.15) is 0 Å². The van der Waals surface area contributed by atoms with Crippen LogP contribution in [0.15, 0.2) is 42.5 Å². The summed E-state index contributed by atoms with van der Waals surface area (Å²) in [6.07, 6.45) is 0. The molecule has 0 radical (unpaired) electrons. The Hall–Kier alpha value is -2.60.